The van der Waals surface area contributed by atoms with Gasteiger partial charge < -0.3 is 75.9 Å². The van der Waals surface area contributed by atoms with Gasteiger partial charge in [-0.3, -0.25) is 53.1 Å². The second kappa shape index (κ2) is 33.4. The summed E-state index contributed by atoms with van der Waals surface area (Å²) in [5.74, 6) is -9.08. The number of nitrogens with zero attached hydrogens (tertiary/aromatic N) is 2. The molecule has 1 heterocycles. The topological polar surface area (TPSA) is 411 Å². The standard InChI is InChI=1S/C43H79N15O10S3/c1-21(2)16-27-36(63)51-24(10-8-13-48-42(44)45)33(60)52-26(12-15-71-7)35(62)50-25(11-9-14-49-43(46)47)34(61)55-29(18-59)38(65)58-32(23(5)6)41(68)57-31(20-70)40(67)56-30(19-69)39(66)54-28(17-22(3)4)37(64)53-27/h21-32,59,69-70H,8-20H2,1-7H3,(H,50,62)(H,51,63)(H,52,60)(H,53,64)(H,54,66)(H,55,61)(H,56,67)(H,57,68)(H,58,65)(H4,44,45,48)(H4,46,47,49)/t24-,25-,26-,27-,28-,29-,30-,31-,32-/m0/s1. The van der Waals surface area contributed by atoms with Crippen LogP contribution < -0.4 is 70.8 Å². The van der Waals surface area contributed by atoms with Gasteiger partial charge in [-0.2, -0.15) is 37.0 Å². The highest BCUT2D eigenvalue weighted by Crippen LogP contribution is 2.13. The molecule has 1 rings (SSSR count). The molecule has 0 aromatic carbocycles. The van der Waals surface area contributed by atoms with Gasteiger partial charge in [0.05, 0.1) is 6.61 Å². The van der Waals surface area contributed by atoms with Gasteiger partial charge in [0.25, 0.3) is 0 Å². The number of amides is 9. The number of thiol groups is 2. The Morgan fingerprint density at radius 2 is 0.803 bits per heavy atom. The Morgan fingerprint density at radius 3 is 1.14 bits per heavy atom. The first-order valence-electron chi connectivity index (χ1n) is 23.5. The maximum absolute atomic E-state index is 14.3. The van der Waals surface area contributed by atoms with Crippen LogP contribution in [-0.2, 0) is 43.2 Å². The van der Waals surface area contributed by atoms with E-state index in [2.05, 4.69) is 83.1 Å². The van der Waals surface area contributed by atoms with Crippen LogP contribution in [0.15, 0.2) is 9.98 Å². The summed E-state index contributed by atoms with van der Waals surface area (Å²) in [7, 11) is 0. The zero-order valence-electron chi connectivity index (χ0n) is 41.7. The van der Waals surface area contributed by atoms with Crippen molar-refractivity contribution < 1.29 is 48.3 Å². The Morgan fingerprint density at radius 1 is 0.493 bits per heavy atom. The van der Waals surface area contributed by atoms with Gasteiger partial charge in [-0.1, -0.05) is 41.5 Å². The maximum atomic E-state index is 14.3. The van der Waals surface area contributed by atoms with Crippen LogP contribution in [-0.4, -0.2) is 168 Å². The summed E-state index contributed by atoms with van der Waals surface area (Å²) in [4.78, 5) is 133. The number of carbonyl (C=O) groups excluding carboxylic acids is 9. The lowest BCUT2D eigenvalue weighted by molar-refractivity contribution is -0.136. The minimum Gasteiger partial charge on any atom is -0.394 e. The van der Waals surface area contributed by atoms with Crippen molar-refractivity contribution in [3.8, 4) is 0 Å². The average molecular weight is 1060 g/mol. The number of thioether (sulfide) groups is 1. The molecule has 71 heavy (non-hydrogen) atoms. The number of rotatable bonds is 19. The molecule has 9 atom stereocenters. The lowest BCUT2D eigenvalue weighted by Gasteiger charge is -2.29. The van der Waals surface area contributed by atoms with Gasteiger partial charge in [0.1, 0.15) is 54.4 Å². The summed E-state index contributed by atoms with van der Waals surface area (Å²) < 4.78 is 0. The third-order valence-electron chi connectivity index (χ3n) is 10.8. The lowest BCUT2D eigenvalue weighted by Crippen LogP contribution is -2.62. The van der Waals surface area contributed by atoms with E-state index in [1.807, 2.05) is 27.7 Å². The molecule has 0 aromatic heterocycles. The molecule has 1 saturated heterocycles. The number of carbonyl (C=O) groups is 9. The number of nitrogens with two attached hydrogens (primary N) is 4. The largest absolute Gasteiger partial charge is 0.394 e. The molecule has 9 amide bonds. The Balaban J connectivity index is 4.02. The average Bonchev–Trinajstić information content (AvgIpc) is 3.29. The molecule has 0 unspecified atom stereocenters. The highest BCUT2D eigenvalue weighted by Gasteiger charge is 2.36. The van der Waals surface area contributed by atoms with Crippen molar-refractivity contribution in [3.05, 3.63) is 0 Å². The Bertz CT molecular complexity index is 1850. The van der Waals surface area contributed by atoms with E-state index in [0.717, 1.165) is 0 Å². The zero-order chi connectivity index (χ0) is 54.0. The number of hydrogen-bond donors (Lipinski definition) is 16. The molecular weight excluding hydrogens is 983 g/mol. The SMILES string of the molecule is CSCC[C@@H]1NC(=O)[C@H](CCCN=C(N)N)NC(=O)[C@H](CC(C)C)NC(=O)[C@H](CC(C)C)NC(=O)[C@H](CS)NC(=O)[C@H](CS)NC(=O)[C@H](C(C)C)NC(=O)[C@H](CO)NC(=O)[C@H](CCCN=C(N)N)NC1=O. The number of hydrogen-bond acceptors (Lipinski definition) is 15. The minimum absolute atomic E-state index is 0.0367. The van der Waals surface area contributed by atoms with Crippen LogP contribution in [0, 0.1) is 17.8 Å². The highest BCUT2D eigenvalue weighted by molar-refractivity contribution is 7.98. The third kappa shape index (κ3) is 24.2. The van der Waals surface area contributed by atoms with Crippen LogP contribution >= 0.6 is 37.0 Å². The first kappa shape index (κ1) is 63.8. The first-order chi connectivity index (χ1) is 33.4. The van der Waals surface area contributed by atoms with E-state index in [4.69, 9.17) is 22.9 Å². The monoisotopic (exact) mass is 1060 g/mol. The fourth-order valence-electron chi connectivity index (χ4n) is 6.99. The third-order valence-corrected chi connectivity index (χ3v) is 12.1. The predicted octanol–water partition coefficient (Wildman–Crippen LogP) is -4.18. The van der Waals surface area contributed by atoms with Crippen molar-refractivity contribution >= 4 is 102 Å². The van der Waals surface area contributed by atoms with Crippen molar-refractivity contribution in [1.29, 1.82) is 0 Å². The van der Waals surface area contributed by atoms with Crippen LogP contribution in [0.4, 0.5) is 0 Å². The van der Waals surface area contributed by atoms with Crippen molar-refractivity contribution in [2.24, 2.45) is 50.7 Å². The number of aliphatic imine (C=N–C) groups is 2. The normalized spacial score (nSPS) is 25.3. The molecular formula is C43H79N15O10S3. The Hall–Kier alpha value is -5.22. The molecule has 1 aliphatic heterocycles. The first-order valence-corrected chi connectivity index (χ1v) is 26.2. The Labute approximate surface area is 431 Å². The highest BCUT2D eigenvalue weighted by atomic mass is 32.2. The van der Waals surface area contributed by atoms with Crippen LogP contribution in [0.3, 0.4) is 0 Å². The number of aliphatic hydroxyl groups is 1. The van der Waals surface area contributed by atoms with E-state index in [-0.39, 0.29) is 93.3 Å². The van der Waals surface area contributed by atoms with E-state index < -0.39 is 120 Å². The van der Waals surface area contributed by atoms with E-state index in [9.17, 15) is 48.3 Å². The summed E-state index contributed by atoms with van der Waals surface area (Å²) in [5, 5.41) is 33.8. The maximum Gasteiger partial charge on any atom is 0.245 e. The molecule has 18 N–H and O–H groups in total. The lowest BCUT2D eigenvalue weighted by atomic mass is 9.99. The summed E-state index contributed by atoms with van der Waals surface area (Å²) in [6, 6.07) is -12.2. The fraction of sp³-hybridized carbons (Fsp3) is 0.744. The van der Waals surface area contributed by atoms with Gasteiger partial charge in [-0.15, -0.1) is 0 Å². The predicted molar refractivity (Wildman–Crippen MR) is 279 cm³/mol. The molecule has 1 aliphatic rings. The van der Waals surface area contributed by atoms with Gasteiger partial charge in [0, 0.05) is 24.6 Å². The molecule has 0 aliphatic carbocycles. The molecule has 1 fully saturated rings. The molecule has 0 aromatic rings. The summed E-state index contributed by atoms with van der Waals surface area (Å²) >= 11 is 9.86. The van der Waals surface area contributed by atoms with Gasteiger partial charge in [-0.25, -0.2) is 0 Å². The summed E-state index contributed by atoms with van der Waals surface area (Å²) in [6.45, 7) is 9.60. The van der Waals surface area contributed by atoms with Gasteiger partial charge in [0.2, 0.25) is 53.2 Å². The number of nitrogens with one attached hydrogen (secondary N) is 9. The van der Waals surface area contributed by atoms with Crippen molar-refractivity contribution in [3.63, 3.8) is 0 Å². The fourth-order valence-corrected chi connectivity index (χ4v) is 7.98. The van der Waals surface area contributed by atoms with Crippen molar-refractivity contribution in [2.75, 3.05) is 43.2 Å². The molecule has 25 nitrogen and oxygen atoms in total. The molecule has 0 saturated carbocycles. The molecule has 404 valence electrons. The number of aliphatic hydroxyl groups excluding tert-OH is 1. The summed E-state index contributed by atoms with van der Waals surface area (Å²) in [5.41, 5.74) is 22.0. The van der Waals surface area contributed by atoms with E-state index in [0.29, 0.717) is 5.75 Å². The molecule has 0 radical (unpaired) electrons. The van der Waals surface area contributed by atoms with Crippen molar-refractivity contribution in [2.45, 2.75) is 141 Å². The van der Waals surface area contributed by atoms with Crippen molar-refractivity contribution in [1.82, 2.24) is 47.9 Å². The van der Waals surface area contributed by atoms with E-state index in [1.165, 1.54) is 11.8 Å². The second-order valence-corrected chi connectivity index (χ2v) is 19.9. The van der Waals surface area contributed by atoms with Gasteiger partial charge in [0.15, 0.2) is 11.9 Å². The summed E-state index contributed by atoms with van der Waals surface area (Å²) in [6.07, 6.45) is 2.20. The van der Waals surface area contributed by atoms with Gasteiger partial charge in [-0.05, 0) is 74.7 Å². The smallest absolute Gasteiger partial charge is 0.245 e. The molecule has 28 heteroatoms. The van der Waals surface area contributed by atoms with Crippen LogP contribution in [0.5, 0.6) is 0 Å². The Kier molecular flexibility index (Phi) is 30.0. The molecule has 0 bridgehead atoms. The second-order valence-electron chi connectivity index (χ2n) is 18.2. The van der Waals surface area contributed by atoms with Crippen LogP contribution in [0.2, 0.25) is 0 Å². The number of guanidine groups is 2. The quantitative estimate of drug-likeness (QED) is 0.0253. The van der Waals surface area contributed by atoms with Gasteiger partial charge >= 0.3 is 0 Å². The van der Waals surface area contributed by atoms with Crippen LogP contribution in [0.1, 0.15) is 86.5 Å². The minimum atomic E-state index is -1.66. The van der Waals surface area contributed by atoms with E-state index >= 15 is 0 Å². The molecule has 0 spiro atoms. The zero-order valence-corrected chi connectivity index (χ0v) is 44.4. The van der Waals surface area contributed by atoms with Crippen LogP contribution in [0.25, 0.3) is 0 Å². The van der Waals surface area contributed by atoms with E-state index in [1.54, 1.807) is 20.1 Å².